The average molecular weight is 2180 g/mol. The van der Waals surface area contributed by atoms with E-state index in [1.54, 1.807) is 51.7 Å². The maximum atomic E-state index is 13.0. The van der Waals surface area contributed by atoms with Crippen LogP contribution in [0.5, 0.6) is 29.1 Å². The summed E-state index contributed by atoms with van der Waals surface area (Å²) in [6, 6.07) is 12.6. The standard InChI is InChI=1S/C17H19F3N2O3.C15H23NO4.C14H22N2O4.C13H20N2O4.C12H19Br2NO2.C11H19NO3.C9H14N2O2.C8H6F4O.ClH/c1-23-14-4-3-12(17(18,19)20)9-13(14)22-7-5-11(6-8-22)15-10-16(24-2)21-25-15;1-5-19-13(17)7-6-12-8-10-16(11-9-12)14(18)20-15(2,3)4;1-14(2,3)19-13(17)16-7-5-10(6-8-16)11-9-12(18-4)15-20-11;1-13(2,3)18-12(17)15-6-4-9(5-7-15)10-8-11(16)14-19-10;1-12(2,3)17-11(16)15-6-4-9(5-7-15)8-10(13)14;1-11(2,3)15-10(14)12-6-4-9(8-13)5-7-12;1-12-9-6-8(13-11-9)7-2-4-10-5-3-7;1-13-7-3-2-5(4-6(7)9)8(10,11)12;/h3-4,9-11H,5-8H2,1-2H3;12H,5,8-11H2,1-4H3;9-10H,5-8H2,1-4H3;8-9H,4-7H2,1-3H3,(H,14,16);8-9H,4-7H2,1-3H3;8-9H,4-7H2,1-3H3;6-7,10H,2-5H2,1H3;2-4H,1H3;1H. The number of alkyl halides is 6. The van der Waals surface area contributed by atoms with E-state index in [1.165, 1.54) is 33.5 Å². The van der Waals surface area contributed by atoms with Crippen LogP contribution in [0.15, 0.2) is 93.0 Å². The third-order valence-electron chi connectivity index (χ3n) is 22.5. The fraction of sp³-hybridized carbons (Fsp3) is 0.646. The third-order valence-corrected chi connectivity index (χ3v) is 23.0. The zero-order chi connectivity index (χ0) is 106. The van der Waals surface area contributed by atoms with Crippen molar-refractivity contribution >= 4 is 92.7 Å². The van der Waals surface area contributed by atoms with E-state index in [1.807, 2.05) is 121 Å². The van der Waals surface area contributed by atoms with Gasteiger partial charge in [-0.05, 0) is 303 Å². The van der Waals surface area contributed by atoms with Gasteiger partial charge in [0.1, 0.15) is 63.1 Å². The number of hydrogen-bond donors (Lipinski definition) is 2. The molecule has 7 aliphatic heterocycles. The number of nitrogens with zero attached hydrogens (tertiary/aromatic N) is 9. The van der Waals surface area contributed by atoms with Gasteiger partial charge in [0, 0.05) is 144 Å². The minimum Gasteiger partial charge on any atom is -0.495 e. The molecule has 0 spiro atoms. The predicted molar refractivity (Wildman–Crippen MR) is 528 cm³/mol. The van der Waals surface area contributed by atoms with Gasteiger partial charge in [0.05, 0.1) is 62.4 Å². The molecule has 7 fully saturated rings. The summed E-state index contributed by atoms with van der Waals surface area (Å²) in [4.78, 5) is 102. The topological polar surface area (TPSA) is 377 Å². The first-order valence-electron chi connectivity index (χ1n) is 47.4. The minimum absolute atomic E-state index is 0. The monoisotopic (exact) mass is 2180 g/mol. The van der Waals surface area contributed by atoms with Crippen LogP contribution in [0.3, 0.4) is 0 Å². The number of aromatic amines is 1. The molecule has 802 valence electrons. The molecule has 11 heterocycles. The Morgan fingerprint density at radius 1 is 0.441 bits per heavy atom. The Balaban J connectivity index is 0.000000290. The lowest BCUT2D eigenvalue weighted by Crippen LogP contribution is -2.41. The summed E-state index contributed by atoms with van der Waals surface area (Å²) in [6.45, 7) is 39.9. The summed E-state index contributed by atoms with van der Waals surface area (Å²) in [5.41, 5.74) is -3.71. The molecule has 2 N–H and O–H groups in total. The molecule has 0 saturated carbocycles. The molecule has 34 nitrogen and oxygen atoms in total. The largest absolute Gasteiger partial charge is 0.495 e. The Hall–Kier alpha value is -10.6. The van der Waals surface area contributed by atoms with Gasteiger partial charge < -0.3 is 110 Å². The van der Waals surface area contributed by atoms with Gasteiger partial charge in [-0.3, -0.25) is 4.79 Å². The number of nitrogens with one attached hydrogen (secondary N) is 2. The molecule has 13 rings (SSSR count). The molecule has 4 aromatic heterocycles. The number of piperidine rings is 7. The van der Waals surface area contributed by atoms with Crippen LogP contribution in [0.1, 0.15) is 259 Å². The molecular formula is C99H143Br2ClF7N11O23. The highest BCUT2D eigenvalue weighted by atomic mass is 79.9. The average Bonchev–Trinajstić information content (AvgIpc) is 1.74. The van der Waals surface area contributed by atoms with E-state index in [-0.39, 0.29) is 83.8 Å². The molecule has 0 radical (unpaired) electrons. The van der Waals surface area contributed by atoms with Crippen molar-refractivity contribution in [2.24, 2.45) is 17.8 Å². The quantitative estimate of drug-likeness (QED) is 0.0271. The number of H-pyrrole nitrogens is 1. The Morgan fingerprint density at radius 2 is 0.769 bits per heavy atom. The second kappa shape index (κ2) is 57.9. The summed E-state index contributed by atoms with van der Waals surface area (Å²) < 4.78 is 166. The summed E-state index contributed by atoms with van der Waals surface area (Å²) >= 11 is 6.73. The van der Waals surface area contributed by atoms with Gasteiger partial charge >= 0.3 is 48.8 Å². The fourth-order valence-corrected chi connectivity index (χ4v) is 15.9. The van der Waals surface area contributed by atoms with Crippen LogP contribution >= 0.6 is 44.3 Å². The van der Waals surface area contributed by atoms with Gasteiger partial charge in [-0.1, -0.05) is 12.0 Å². The number of carbonyl (C=O) groups excluding carboxylic acids is 7. The Morgan fingerprint density at radius 3 is 1.08 bits per heavy atom. The third kappa shape index (κ3) is 45.3. The van der Waals surface area contributed by atoms with E-state index < -0.39 is 63.3 Å². The van der Waals surface area contributed by atoms with Crippen molar-refractivity contribution in [3.05, 3.63) is 120 Å². The van der Waals surface area contributed by atoms with E-state index in [0.29, 0.717) is 125 Å². The van der Waals surface area contributed by atoms with E-state index in [4.69, 9.17) is 65.5 Å². The van der Waals surface area contributed by atoms with Crippen molar-refractivity contribution < 1.29 is 134 Å². The zero-order valence-electron chi connectivity index (χ0n) is 85.7. The normalized spacial score (nSPS) is 16.6. The molecule has 7 saturated heterocycles. The molecule has 0 aliphatic carbocycles. The summed E-state index contributed by atoms with van der Waals surface area (Å²) in [6.07, 6.45) is 4.93. The van der Waals surface area contributed by atoms with Crippen molar-refractivity contribution in [3.63, 3.8) is 0 Å². The highest BCUT2D eigenvalue weighted by molar-refractivity contribution is 9.28. The summed E-state index contributed by atoms with van der Waals surface area (Å²) in [5, 5.41) is 17.0. The summed E-state index contributed by atoms with van der Waals surface area (Å²) in [7, 11) is 7.33. The van der Waals surface area contributed by atoms with E-state index in [2.05, 4.69) is 80.5 Å². The van der Waals surface area contributed by atoms with Crippen molar-refractivity contribution in [2.45, 2.75) is 265 Å². The molecule has 0 bridgehead atoms. The second-order valence-electron chi connectivity index (χ2n) is 39.4. The smallest absolute Gasteiger partial charge is 0.416 e. The number of carbonyl (C=O) groups is 7. The van der Waals surface area contributed by atoms with Gasteiger partial charge in [0.15, 0.2) is 11.6 Å². The van der Waals surface area contributed by atoms with E-state index in [0.717, 1.165) is 167 Å². The van der Waals surface area contributed by atoms with Gasteiger partial charge in [0.2, 0.25) is 0 Å². The first kappa shape index (κ1) is 123. The first-order chi connectivity index (χ1) is 66.5. The lowest BCUT2D eigenvalue weighted by molar-refractivity contribution is -0.138. The van der Waals surface area contributed by atoms with Crippen molar-refractivity contribution in [1.82, 2.24) is 50.4 Å². The number of methoxy groups -OCH3 is 5. The highest BCUT2D eigenvalue weighted by Gasteiger charge is 2.38. The maximum Gasteiger partial charge on any atom is 0.416 e. The van der Waals surface area contributed by atoms with Crippen LogP contribution < -0.4 is 39.5 Å². The zero-order valence-corrected chi connectivity index (χ0v) is 89.7. The van der Waals surface area contributed by atoms with Crippen LogP contribution in [0.2, 0.25) is 0 Å². The number of aldehydes is 1. The number of ether oxygens (including phenoxy) is 11. The second-order valence-corrected chi connectivity index (χ2v) is 42.1. The number of esters is 1. The number of allylic oxidation sites excluding steroid dienone is 1. The number of amides is 5. The summed E-state index contributed by atoms with van der Waals surface area (Å²) in [5.74, 6) is 10.8. The Kier molecular flexibility index (Phi) is 49.8. The van der Waals surface area contributed by atoms with Crippen LogP contribution in [0, 0.1) is 35.4 Å². The maximum absolute atomic E-state index is 13.0. The van der Waals surface area contributed by atoms with Crippen LogP contribution in [-0.4, -0.2) is 250 Å². The molecule has 0 atom stereocenters. The van der Waals surface area contributed by atoms with E-state index in [9.17, 15) is 69.1 Å². The molecule has 0 unspecified atom stereocenters. The Labute approximate surface area is 855 Å². The lowest BCUT2D eigenvalue weighted by Gasteiger charge is -2.33. The number of anilines is 1. The van der Waals surface area contributed by atoms with E-state index >= 15 is 0 Å². The lowest BCUT2D eigenvalue weighted by atomic mass is 9.94. The van der Waals surface area contributed by atoms with Gasteiger partial charge in [-0.2, -0.15) is 31.5 Å². The number of likely N-dealkylation sites (tertiary alicyclic amines) is 5. The molecule has 6 aromatic rings. The molecular weight excluding hydrogens is 2040 g/mol. The number of rotatable bonds is 13. The van der Waals surface area contributed by atoms with Crippen molar-refractivity contribution in [2.75, 3.05) is 139 Å². The number of hydrogen-bond acceptors (Lipinski definition) is 28. The molecule has 7 aliphatic rings. The number of aromatic nitrogens is 4. The minimum atomic E-state index is -4.52. The van der Waals surface area contributed by atoms with Crippen molar-refractivity contribution in [3.8, 4) is 41.0 Å². The molecule has 143 heavy (non-hydrogen) atoms. The Bertz CT molecular complexity index is 5030. The van der Waals surface area contributed by atoms with Crippen LogP contribution in [0.25, 0.3) is 0 Å². The predicted octanol–water partition coefficient (Wildman–Crippen LogP) is 21.7. The molecule has 5 amide bonds. The van der Waals surface area contributed by atoms with Crippen molar-refractivity contribution in [1.29, 1.82) is 0 Å². The van der Waals surface area contributed by atoms with Gasteiger partial charge in [-0.15, -0.1) is 12.4 Å². The molecule has 44 heteroatoms. The highest BCUT2D eigenvalue weighted by Crippen LogP contribution is 2.42. The number of benzene rings is 2. The fourth-order valence-electron chi connectivity index (χ4n) is 15.2. The van der Waals surface area contributed by atoms with Crippen LogP contribution in [0.4, 0.5) is 60.4 Å². The number of halogens is 10. The van der Waals surface area contributed by atoms with Crippen LogP contribution in [-0.2, 0) is 50.4 Å². The van der Waals surface area contributed by atoms with Gasteiger partial charge in [-0.25, -0.2) is 33.2 Å². The first-order valence-corrected chi connectivity index (χ1v) is 49.0. The van der Waals surface area contributed by atoms with Gasteiger partial charge in [0.25, 0.3) is 23.2 Å². The SMILES string of the molecule is CC(C)(C)OC(=O)N1CCC(C=C(Br)Br)CC1.CC(C)(C)OC(=O)N1CCC(C=O)CC1.CC(C)(C)OC(=O)N1CCC(c2cc(=O)[nH]o2)CC1.CCOC(=O)C#CC1CCN(C(=O)OC(C)(C)C)CC1.COc1cc(C2CCN(C(=O)OC(C)(C)C)CC2)on1.COc1cc(C2CCN(c3cc(C(F)(F)F)ccc3OC)CC2)on1.COc1cc(C2CCNCC2)on1.COc1ccc(C(F)(F)F)cc1F.Cl. The molecule has 2 aromatic carbocycles.